The average molecular weight is 469 g/mol. The molecule has 0 aliphatic carbocycles. The van der Waals surface area contributed by atoms with Gasteiger partial charge < -0.3 is 19.9 Å². The molecule has 0 spiro atoms. The van der Waals surface area contributed by atoms with Gasteiger partial charge in [-0.2, -0.15) is 0 Å². The average Bonchev–Trinajstić information content (AvgIpc) is 3.37. The number of pyridine rings is 1. The molecular formula is C27H28N6O2. The lowest BCUT2D eigenvalue weighted by molar-refractivity contribution is -0.126. The zero-order chi connectivity index (χ0) is 24.7. The van der Waals surface area contributed by atoms with Crippen molar-refractivity contribution in [1.82, 2.24) is 24.4 Å². The Hall–Kier alpha value is -4.20. The summed E-state index contributed by atoms with van der Waals surface area (Å²) in [5.74, 6) is 1.74. The molecule has 1 unspecified atom stereocenters. The summed E-state index contributed by atoms with van der Waals surface area (Å²) in [5, 5.41) is 0.820. The van der Waals surface area contributed by atoms with Crippen molar-refractivity contribution in [2.24, 2.45) is 7.05 Å². The number of carbonyl (C=O) groups is 1. The van der Waals surface area contributed by atoms with E-state index in [1.54, 1.807) is 0 Å². The van der Waals surface area contributed by atoms with Crippen LogP contribution in [-0.4, -0.2) is 42.9 Å². The highest BCUT2D eigenvalue weighted by atomic mass is 16.5. The summed E-state index contributed by atoms with van der Waals surface area (Å²) >= 11 is 0. The number of hydrogen-bond donors (Lipinski definition) is 1. The van der Waals surface area contributed by atoms with Crippen molar-refractivity contribution in [2.75, 3.05) is 12.3 Å². The number of nitrogens with two attached hydrogens (primary N) is 1. The predicted octanol–water partition coefficient (Wildman–Crippen LogP) is 4.60. The minimum Gasteiger partial charge on any atom is -0.439 e. The summed E-state index contributed by atoms with van der Waals surface area (Å²) in [4.78, 5) is 27.5. The SMILES string of the molecule is C=CC(=O)N1CC(c2c(-c3ccc(Oc4cccc(C)n4)cc3)c3c(N)ncnc3n2C)C[C@@H]1C. The maximum Gasteiger partial charge on any atom is 0.246 e. The smallest absolute Gasteiger partial charge is 0.246 e. The molecule has 4 heterocycles. The molecule has 1 aliphatic rings. The van der Waals surface area contributed by atoms with Crippen LogP contribution in [0.2, 0.25) is 0 Å². The van der Waals surface area contributed by atoms with Gasteiger partial charge in [0.25, 0.3) is 0 Å². The van der Waals surface area contributed by atoms with Crippen molar-refractivity contribution >= 4 is 22.8 Å². The number of aromatic nitrogens is 4. The lowest BCUT2D eigenvalue weighted by Gasteiger charge is -2.19. The third-order valence-corrected chi connectivity index (χ3v) is 6.69. The van der Waals surface area contributed by atoms with Gasteiger partial charge in [-0.05, 0) is 50.1 Å². The zero-order valence-electron chi connectivity index (χ0n) is 20.1. The van der Waals surface area contributed by atoms with Crippen molar-refractivity contribution in [1.29, 1.82) is 0 Å². The summed E-state index contributed by atoms with van der Waals surface area (Å²) in [6.45, 7) is 8.27. The molecule has 35 heavy (non-hydrogen) atoms. The summed E-state index contributed by atoms with van der Waals surface area (Å²) in [7, 11) is 2.00. The molecule has 1 saturated heterocycles. The number of nitrogen functional groups attached to an aromatic ring is 1. The number of aryl methyl sites for hydroxylation is 2. The van der Waals surface area contributed by atoms with Crippen molar-refractivity contribution in [3.8, 4) is 22.8 Å². The number of likely N-dealkylation sites (tertiary alicyclic amines) is 1. The first-order valence-corrected chi connectivity index (χ1v) is 11.6. The Labute approximate surface area is 204 Å². The van der Waals surface area contributed by atoms with Gasteiger partial charge in [0.1, 0.15) is 23.5 Å². The molecule has 1 aromatic carbocycles. The Morgan fingerprint density at radius 3 is 2.69 bits per heavy atom. The topological polar surface area (TPSA) is 99.2 Å². The number of ether oxygens (including phenoxy) is 1. The standard InChI is InChI=1S/C27H28N6O2/c1-5-22(34)33-14-19(13-17(33)3)25-23(24-26(28)29-15-30-27(24)32(25)4)18-9-11-20(12-10-18)35-21-8-6-7-16(2)31-21/h5-12,15,17,19H,1,13-14H2,2-4H3,(H2,28,29,30)/t17-,19?/m0/s1. The van der Waals surface area contributed by atoms with E-state index < -0.39 is 0 Å². The van der Waals surface area contributed by atoms with Gasteiger partial charge in [0.05, 0.1) is 5.39 Å². The molecule has 1 amide bonds. The Balaban J connectivity index is 1.58. The molecular weight excluding hydrogens is 440 g/mol. The van der Waals surface area contributed by atoms with E-state index in [4.69, 9.17) is 10.5 Å². The van der Waals surface area contributed by atoms with Crippen LogP contribution in [0.25, 0.3) is 22.2 Å². The molecule has 2 N–H and O–H groups in total. The number of benzene rings is 1. The van der Waals surface area contributed by atoms with Crippen LogP contribution in [-0.2, 0) is 11.8 Å². The van der Waals surface area contributed by atoms with Crippen LogP contribution in [0.5, 0.6) is 11.6 Å². The minimum absolute atomic E-state index is 0.0501. The van der Waals surface area contributed by atoms with Crippen LogP contribution < -0.4 is 10.5 Å². The first-order valence-electron chi connectivity index (χ1n) is 11.6. The molecule has 0 radical (unpaired) electrons. The molecule has 4 aromatic rings. The minimum atomic E-state index is -0.0501. The van der Waals surface area contributed by atoms with Crippen LogP contribution in [0.15, 0.2) is 61.4 Å². The van der Waals surface area contributed by atoms with E-state index in [0.717, 1.165) is 40.0 Å². The fourth-order valence-corrected chi connectivity index (χ4v) is 5.10. The maximum absolute atomic E-state index is 12.4. The normalized spacial score (nSPS) is 17.6. The maximum atomic E-state index is 12.4. The van der Waals surface area contributed by atoms with Crippen molar-refractivity contribution in [2.45, 2.75) is 32.2 Å². The Morgan fingerprint density at radius 2 is 1.97 bits per heavy atom. The lowest BCUT2D eigenvalue weighted by atomic mass is 9.93. The Morgan fingerprint density at radius 1 is 1.20 bits per heavy atom. The molecule has 0 saturated carbocycles. The second kappa shape index (κ2) is 8.87. The van der Waals surface area contributed by atoms with E-state index >= 15 is 0 Å². The molecule has 178 valence electrons. The first kappa shape index (κ1) is 22.6. The highest BCUT2D eigenvalue weighted by Crippen LogP contribution is 2.43. The summed E-state index contributed by atoms with van der Waals surface area (Å²) in [6.07, 6.45) is 3.71. The van der Waals surface area contributed by atoms with Crippen molar-refractivity contribution in [3.63, 3.8) is 0 Å². The van der Waals surface area contributed by atoms with Gasteiger partial charge in [-0.25, -0.2) is 15.0 Å². The quantitative estimate of drug-likeness (QED) is 0.430. The molecule has 2 atom stereocenters. The van der Waals surface area contributed by atoms with Gasteiger partial charge in [-0.15, -0.1) is 0 Å². The number of hydrogen-bond acceptors (Lipinski definition) is 6. The third-order valence-electron chi connectivity index (χ3n) is 6.69. The van der Waals surface area contributed by atoms with E-state index in [1.807, 2.05) is 61.3 Å². The molecule has 8 heteroatoms. The molecule has 5 rings (SSSR count). The first-order chi connectivity index (χ1) is 16.9. The van der Waals surface area contributed by atoms with E-state index in [1.165, 1.54) is 12.4 Å². The highest BCUT2D eigenvalue weighted by Gasteiger charge is 2.36. The van der Waals surface area contributed by atoms with Crippen LogP contribution in [0.1, 0.15) is 30.7 Å². The zero-order valence-corrected chi connectivity index (χ0v) is 20.1. The van der Waals surface area contributed by atoms with Gasteiger partial charge in [0, 0.05) is 48.6 Å². The third kappa shape index (κ3) is 4.01. The van der Waals surface area contributed by atoms with E-state index in [9.17, 15) is 4.79 Å². The summed E-state index contributed by atoms with van der Waals surface area (Å²) in [5.41, 5.74) is 11.1. The fourth-order valence-electron chi connectivity index (χ4n) is 5.10. The van der Waals surface area contributed by atoms with Gasteiger partial charge in [0.2, 0.25) is 11.8 Å². The molecule has 3 aromatic heterocycles. The van der Waals surface area contributed by atoms with Crippen LogP contribution in [0.4, 0.5) is 5.82 Å². The Bertz CT molecular complexity index is 1430. The number of rotatable bonds is 5. The molecule has 1 aliphatic heterocycles. The summed E-state index contributed by atoms with van der Waals surface area (Å²) < 4.78 is 8.03. The van der Waals surface area contributed by atoms with Gasteiger partial charge in [-0.3, -0.25) is 4.79 Å². The molecule has 0 bridgehead atoms. The van der Waals surface area contributed by atoms with E-state index in [-0.39, 0.29) is 17.9 Å². The number of fused-ring (bicyclic) bond motifs is 1. The van der Waals surface area contributed by atoms with Gasteiger partial charge in [-0.1, -0.05) is 24.8 Å². The lowest BCUT2D eigenvalue weighted by Crippen LogP contribution is -2.32. The number of nitrogens with zero attached hydrogens (tertiary/aromatic N) is 5. The molecule has 1 fully saturated rings. The van der Waals surface area contributed by atoms with E-state index in [2.05, 4.69) is 33.0 Å². The van der Waals surface area contributed by atoms with Crippen molar-refractivity contribution in [3.05, 3.63) is 72.8 Å². The van der Waals surface area contributed by atoms with Crippen LogP contribution in [0, 0.1) is 6.92 Å². The summed E-state index contributed by atoms with van der Waals surface area (Å²) in [6, 6.07) is 13.7. The van der Waals surface area contributed by atoms with E-state index in [0.29, 0.717) is 24.0 Å². The number of carbonyl (C=O) groups excluding carboxylic acids is 1. The monoisotopic (exact) mass is 468 g/mol. The fraction of sp³-hybridized carbons (Fsp3) is 0.259. The number of amides is 1. The van der Waals surface area contributed by atoms with Gasteiger partial charge in [0.15, 0.2) is 0 Å². The second-order valence-corrected chi connectivity index (χ2v) is 9.00. The molecule has 8 nitrogen and oxygen atoms in total. The largest absolute Gasteiger partial charge is 0.439 e. The van der Waals surface area contributed by atoms with Crippen LogP contribution in [0.3, 0.4) is 0 Å². The van der Waals surface area contributed by atoms with Crippen LogP contribution >= 0.6 is 0 Å². The highest BCUT2D eigenvalue weighted by molar-refractivity contribution is 6.02. The van der Waals surface area contributed by atoms with Crippen molar-refractivity contribution < 1.29 is 9.53 Å². The Kier molecular flexibility index (Phi) is 5.72. The van der Waals surface area contributed by atoms with Gasteiger partial charge >= 0.3 is 0 Å². The second-order valence-electron chi connectivity index (χ2n) is 9.00. The predicted molar refractivity (Wildman–Crippen MR) is 136 cm³/mol. The number of anilines is 1.